The normalized spacial score (nSPS) is 19.6. The topological polar surface area (TPSA) is 86.0 Å². The lowest BCUT2D eigenvalue weighted by molar-refractivity contribution is 0.00631. The number of imidazole rings is 1. The lowest BCUT2D eigenvalue weighted by Crippen LogP contribution is -2.26. The van der Waals surface area contributed by atoms with E-state index >= 15 is 0 Å². The summed E-state index contributed by atoms with van der Waals surface area (Å²) < 4.78 is 8.12. The maximum absolute atomic E-state index is 9.23. The predicted molar refractivity (Wildman–Crippen MR) is 114 cm³/mol. The van der Waals surface area contributed by atoms with Gasteiger partial charge in [-0.2, -0.15) is 0 Å². The molecule has 4 aromatic rings. The van der Waals surface area contributed by atoms with Gasteiger partial charge in [0.25, 0.3) is 0 Å². The van der Waals surface area contributed by atoms with E-state index in [2.05, 4.69) is 26.4 Å². The van der Waals surface area contributed by atoms with Crippen LogP contribution in [0.1, 0.15) is 43.0 Å². The highest BCUT2D eigenvalue weighted by atomic mass is 35.5. The number of benzene rings is 1. The van der Waals surface area contributed by atoms with E-state index < -0.39 is 0 Å². The zero-order chi connectivity index (χ0) is 20.7. The first kappa shape index (κ1) is 19.4. The molecule has 5 rings (SSSR count). The van der Waals surface area contributed by atoms with Crippen molar-refractivity contribution in [3.63, 3.8) is 0 Å². The molecule has 30 heavy (non-hydrogen) atoms. The fourth-order valence-corrected chi connectivity index (χ4v) is 4.41. The summed E-state index contributed by atoms with van der Waals surface area (Å²) >= 11 is 6.33. The van der Waals surface area contributed by atoms with Crippen LogP contribution in [-0.4, -0.2) is 42.3 Å². The van der Waals surface area contributed by atoms with E-state index in [1.54, 1.807) is 12.4 Å². The number of nitrogens with zero attached hydrogens (tertiary/aromatic N) is 5. The molecule has 154 valence electrons. The van der Waals surface area contributed by atoms with Gasteiger partial charge in [-0.1, -0.05) is 11.6 Å². The third kappa shape index (κ3) is 3.53. The third-order valence-electron chi connectivity index (χ3n) is 5.63. The summed E-state index contributed by atoms with van der Waals surface area (Å²) in [6.07, 6.45) is 7.70. The smallest absolute Gasteiger partial charge is 0.116 e. The highest BCUT2D eigenvalue weighted by Gasteiger charge is 2.26. The van der Waals surface area contributed by atoms with Crippen LogP contribution in [0.15, 0.2) is 36.8 Å². The van der Waals surface area contributed by atoms with E-state index in [9.17, 15) is 5.11 Å². The third-order valence-corrected chi connectivity index (χ3v) is 5.87. The number of halogens is 1. The maximum atomic E-state index is 9.23. The quantitative estimate of drug-likeness (QED) is 0.536. The maximum Gasteiger partial charge on any atom is 0.116 e. The minimum absolute atomic E-state index is 0.121. The summed E-state index contributed by atoms with van der Waals surface area (Å²) in [6, 6.07) is 6.04. The number of fused-ring (bicyclic) bond motifs is 3. The molecule has 7 nitrogen and oxygen atoms in total. The van der Waals surface area contributed by atoms with Gasteiger partial charge in [0.15, 0.2) is 0 Å². The SMILES string of the molecule is C[C@@H]1C[C@H](n2c(Cc3cnc(CO)cn3)nc3cnc4ccc(Cl)cc4c32)CCO1. The molecule has 1 aromatic carbocycles. The number of rotatable bonds is 4. The Kier molecular flexibility index (Phi) is 5.10. The van der Waals surface area contributed by atoms with E-state index in [0.29, 0.717) is 17.1 Å². The Bertz CT molecular complexity index is 1210. The summed E-state index contributed by atoms with van der Waals surface area (Å²) in [5.74, 6) is 0.921. The first-order chi connectivity index (χ1) is 14.6. The van der Waals surface area contributed by atoms with Gasteiger partial charge in [0.1, 0.15) is 11.3 Å². The number of aliphatic hydroxyl groups is 1. The lowest BCUT2D eigenvalue weighted by Gasteiger charge is -2.30. The van der Waals surface area contributed by atoms with Crippen molar-refractivity contribution in [2.75, 3.05) is 6.61 Å². The Morgan fingerprint density at radius 3 is 2.73 bits per heavy atom. The monoisotopic (exact) mass is 423 g/mol. The molecule has 0 bridgehead atoms. The molecule has 1 saturated heterocycles. The van der Waals surface area contributed by atoms with Crippen molar-refractivity contribution in [3.8, 4) is 0 Å². The molecule has 3 aromatic heterocycles. The molecule has 0 amide bonds. The molecular formula is C22H22ClN5O2. The highest BCUT2D eigenvalue weighted by molar-refractivity contribution is 6.31. The van der Waals surface area contributed by atoms with Gasteiger partial charge in [-0.15, -0.1) is 0 Å². The summed E-state index contributed by atoms with van der Waals surface area (Å²) in [4.78, 5) is 18.2. The molecule has 0 unspecified atom stereocenters. The first-order valence-electron chi connectivity index (χ1n) is 10.1. The van der Waals surface area contributed by atoms with Crippen LogP contribution in [0, 0.1) is 0 Å². The van der Waals surface area contributed by atoms with Crippen molar-refractivity contribution < 1.29 is 9.84 Å². The summed E-state index contributed by atoms with van der Waals surface area (Å²) in [7, 11) is 0. The van der Waals surface area contributed by atoms with Gasteiger partial charge in [0.2, 0.25) is 0 Å². The van der Waals surface area contributed by atoms with Crippen LogP contribution in [0.4, 0.5) is 0 Å². The number of ether oxygens (including phenoxy) is 1. The Labute approximate surface area is 178 Å². The van der Waals surface area contributed by atoms with Crippen LogP contribution in [0.25, 0.3) is 21.9 Å². The second-order valence-corrected chi connectivity index (χ2v) is 8.18. The number of aromatic nitrogens is 5. The van der Waals surface area contributed by atoms with E-state index in [1.165, 1.54) is 0 Å². The zero-order valence-corrected chi connectivity index (χ0v) is 17.4. The summed E-state index contributed by atoms with van der Waals surface area (Å²) in [6.45, 7) is 2.71. The average molecular weight is 424 g/mol. The standard InChI is InChI=1S/C22H22ClN5O2/c1-13-6-17(4-5-30-13)28-21(8-15-9-25-16(12-29)10-24-15)27-20-11-26-19-3-2-14(23)7-18(19)22(20)28/h2-3,7,9-11,13,17,29H,4-6,8,12H2,1H3/t13-,17-/m1/s1. The Morgan fingerprint density at radius 1 is 1.13 bits per heavy atom. The molecule has 4 heterocycles. The van der Waals surface area contributed by atoms with Gasteiger partial charge >= 0.3 is 0 Å². The number of pyridine rings is 1. The van der Waals surface area contributed by atoms with E-state index in [4.69, 9.17) is 21.3 Å². The molecule has 0 aliphatic carbocycles. The van der Waals surface area contributed by atoms with E-state index in [1.807, 2.05) is 24.4 Å². The van der Waals surface area contributed by atoms with Crippen molar-refractivity contribution in [2.24, 2.45) is 0 Å². The molecule has 0 saturated carbocycles. The number of hydrogen-bond acceptors (Lipinski definition) is 6. The van der Waals surface area contributed by atoms with Crippen LogP contribution < -0.4 is 0 Å². The Hall–Kier alpha value is -2.61. The molecule has 8 heteroatoms. The predicted octanol–water partition coefficient (Wildman–Crippen LogP) is 3.85. The number of aliphatic hydroxyl groups excluding tert-OH is 1. The van der Waals surface area contributed by atoms with Crippen LogP contribution in [0.3, 0.4) is 0 Å². The first-order valence-corrected chi connectivity index (χ1v) is 10.5. The van der Waals surface area contributed by atoms with Crippen molar-refractivity contribution in [1.82, 2.24) is 24.5 Å². The number of hydrogen-bond donors (Lipinski definition) is 1. The van der Waals surface area contributed by atoms with Crippen molar-refractivity contribution >= 4 is 33.5 Å². The minimum Gasteiger partial charge on any atom is -0.390 e. The van der Waals surface area contributed by atoms with E-state index in [0.717, 1.165) is 52.9 Å². The molecule has 1 fully saturated rings. The van der Waals surface area contributed by atoms with Gasteiger partial charge in [-0.05, 0) is 38.0 Å². The fourth-order valence-electron chi connectivity index (χ4n) is 4.24. The summed E-state index contributed by atoms with van der Waals surface area (Å²) in [5.41, 5.74) is 4.15. The Morgan fingerprint density at radius 2 is 1.97 bits per heavy atom. The summed E-state index contributed by atoms with van der Waals surface area (Å²) in [5, 5.41) is 10.9. The molecule has 0 radical (unpaired) electrons. The highest BCUT2D eigenvalue weighted by Crippen LogP contribution is 2.34. The molecule has 1 aliphatic rings. The lowest BCUT2D eigenvalue weighted by atomic mass is 10.0. The average Bonchev–Trinajstić information content (AvgIpc) is 3.12. The fraction of sp³-hybridized carbons (Fsp3) is 0.364. The van der Waals surface area contributed by atoms with E-state index in [-0.39, 0.29) is 18.8 Å². The van der Waals surface area contributed by atoms with Crippen LogP contribution in [0.2, 0.25) is 5.02 Å². The van der Waals surface area contributed by atoms with Crippen molar-refractivity contribution in [2.45, 2.75) is 44.9 Å². The molecule has 0 spiro atoms. The molecular weight excluding hydrogens is 402 g/mol. The minimum atomic E-state index is -0.121. The molecule has 1 aliphatic heterocycles. The second kappa shape index (κ2) is 7.91. The molecule has 2 atom stereocenters. The van der Waals surface area contributed by atoms with Gasteiger partial charge in [-0.25, -0.2) is 4.98 Å². The largest absolute Gasteiger partial charge is 0.390 e. The van der Waals surface area contributed by atoms with Crippen molar-refractivity contribution in [3.05, 3.63) is 59.0 Å². The van der Waals surface area contributed by atoms with Crippen LogP contribution in [0.5, 0.6) is 0 Å². The van der Waals surface area contributed by atoms with Gasteiger partial charge in [0, 0.05) is 35.7 Å². The van der Waals surface area contributed by atoms with Gasteiger partial charge < -0.3 is 14.4 Å². The van der Waals surface area contributed by atoms with Gasteiger partial charge in [0.05, 0.1) is 47.5 Å². The Balaban J connectivity index is 1.69. The van der Waals surface area contributed by atoms with Crippen LogP contribution in [-0.2, 0) is 17.8 Å². The molecule has 1 N–H and O–H groups in total. The van der Waals surface area contributed by atoms with Crippen LogP contribution >= 0.6 is 11.6 Å². The van der Waals surface area contributed by atoms with Gasteiger partial charge in [-0.3, -0.25) is 15.0 Å². The second-order valence-electron chi connectivity index (χ2n) is 7.75. The van der Waals surface area contributed by atoms with Crippen molar-refractivity contribution in [1.29, 1.82) is 0 Å². The zero-order valence-electron chi connectivity index (χ0n) is 16.6.